The van der Waals surface area contributed by atoms with Crippen molar-refractivity contribution in [1.29, 1.82) is 0 Å². The van der Waals surface area contributed by atoms with Gasteiger partial charge in [0.2, 0.25) is 0 Å². The molecule has 1 amide bonds. The molecule has 4 rings (SSSR count). The van der Waals surface area contributed by atoms with Crippen molar-refractivity contribution in [3.8, 4) is 0 Å². The van der Waals surface area contributed by atoms with Gasteiger partial charge < -0.3 is 0 Å². The van der Waals surface area contributed by atoms with E-state index in [4.69, 9.17) is 4.99 Å². The molecule has 0 fully saturated rings. The lowest BCUT2D eigenvalue weighted by atomic mass is 10.1. The molecular formula is C18H17N5OS. The molecule has 1 aromatic heterocycles. The molecular weight excluding hydrogens is 334 g/mol. The predicted molar refractivity (Wildman–Crippen MR) is 97.8 cm³/mol. The van der Waals surface area contributed by atoms with Gasteiger partial charge in [-0.2, -0.15) is 0 Å². The molecule has 1 atom stereocenters. The van der Waals surface area contributed by atoms with E-state index >= 15 is 0 Å². The molecule has 0 saturated heterocycles. The van der Waals surface area contributed by atoms with E-state index < -0.39 is 6.17 Å². The lowest BCUT2D eigenvalue weighted by Gasteiger charge is -2.33. The number of amides is 1. The van der Waals surface area contributed by atoms with Crippen LogP contribution in [0.5, 0.6) is 0 Å². The Hall–Kier alpha value is -2.67. The van der Waals surface area contributed by atoms with Crippen molar-refractivity contribution >= 4 is 28.5 Å². The molecule has 0 bridgehead atoms. The SMILES string of the molecule is CCCSC1=NN2C(=c3ccccc3=NC2c2ccccn2)C(=O)N1. The van der Waals surface area contributed by atoms with Gasteiger partial charge in [-0.25, -0.2) is 5.01 Å². The van der Waals surface area contributed by atoms with Crippen LogP contribution in [-0.2, 0) is 4.79 Å². The Balaban J connectivity index is 1.90. The van der Waals surface area contributed by atoms with E-state index in [0.29, 0.717) is 10.9 Å². The number of aromatic nitrogens is 1. The Morgan fingerprint density at radius 2 is 2.04 bits per heavy atom. The van der Waals surface area contributed by atoms with Crippen molar-refractivity contribution in [1.82, 2.24) is 15.3 Å². The van der Waals surface area contributed by atoms with Crippen molar-refractivity contribution in [3.63, 3.8) is 0 Å². The van der Waals surface area contributed by atoms with Crippen LogP contribution >= 0.6 is 11.8 Å². The van der Waals surface area contributed by atoms with Gasteiger partial charge in [-0.3, -0.25) is 20.1 Å². The van der Waals surface area contributed by atoms with Crippen LogP contribution in [0.25, 0.3) is 5.70 Å². The molecule has 1 N–H and O–H groups in total. The zero-order valence-electron chi connectivity index (χ0n) is 13.7. The summed E-state index contributed by atoms with van der Waals surface area (Å²) in [5.41, 5.74) is 1.27. The second kappa shape index (κ2) is 6.68. The van der Waals surface area contributed by atoms with Gasteiger partial charge >= 0.3 is 0 Å². The van der Waals surface area contributed by atoms with Gasteiger partial charge in [0.1, 0.15) is 5.70 Å². The number of para-hydroxylation sites is 1. The first-order valence-electron chi connectivity index (χ1n) is 8.18. The molecule has 2 aliphatic heterocycles. The number of benzene rings is 1. The molecule has 1 aromatic carbocycles. The Morgan fingerprint density at radius 3 is 2.84 bits per heavy atom. The molecule has 0 radical (unpaired) electrons. The molecule has 0 saturated carbocycles. The lowest BCUT2D eigenvalue weighted by Crippen LogP contribution is -2.50. The van der Waals surface area contributed by atoms with Crippen molar-refractivity contribution in [2.75, 3.05) is 5.75 Å². The molecule has 6 nitrogen and oxygen atoms in total. The minimum Gasteiger partial charge on any atom is -0.298 e. The molecule has 7 heteroatoms. The summed E-state index contributed by atoms with van der Waals surface area (Å²) in [7, 11) is 0. The number of nitrogens with zero attached hydrogens (tertiary/aromatic N) is 4. The maximum absolute atomic E-state index is 12.8. The second-order valence-corrected chi connectivity index (χ2v) is 6.76. The molecule has 126 valence electrons. The Bertz CT molecular complexity index is 957. The van der Waals surface area contributed by atoms with Crippen molar-refractivity contribution in [2.24, 2.45) is 10.1 Å². The molecule has 25 heavy (non-hydrogen) atoms. The number of hydrogen-bond acceptors (Lipinski definition) is 6. The number of amidine groups is 1. The van der Waals surface area contributed by atoms with Crippen LogP contribution in [-0.4, -0.2) is 26.8 Å². The summed E-state index contributed by atoms with van der Waals surface area (Å²) in [6.07, 6.45) is 2.28. The standard InChI is InChI=1S/C18H17N5OS/c1-2-11-25-18-21-17(24)15-12-7-3-4-8-13(12)20-16(23(15)22-18)14-9-5-6-10-19-14/h3-10,16H,2,11H2,1H3,(H,21,22,24). The monoisotopic (exact) mass is 351 g/mol. The highest BCUT2D eigenvalue weighted by Crippen LogP contribution is 2.29. The van der Waals surface area contributed by atoms with E-state index in [-0.39, 0.29) is 5.91 Å². The van der Waals surface area contributed by atoms with Crippen molar-refractivity contribution < 1.29 is 4.79 Å². The summed E-state index contributed by atoms with van der Waals surface area (Å²) < 4.78 is 0. The number of rotatable bonds is 3. The molecule has 0 aliphatic carbocycles. The first-order chi connectivity index (χ1) is 12.3. The van der Waals surface area contributed by atoms with Crippen LogP contribution in [0, 0.1) is 0 Å². The third-order valence-electron chi connectivity index (χ3n) is 3.91. The normalized spacial score (nSPS) is 18.7. The molecule has 3 heterocycles. The zero-order chi connectivity index (χ0) is 17.2. The first kappa shape index (κ1) is 15.8. The van der Waals surface area contributed by atoms with Gasteiger partial charge in [-0.05, 0) is 24.6 Å². The van der Waals surface area contributed by atoms with E-state index in [1.807, 2.05) is 42.5 Å². The van der Waals surface area contributed by atoms with Crippen LogP contribution in [0.4, 0.5) is 0 Å². The van der Waals surface area contributed by atoms with E-state index in [0.717, 1.165) is 28.4 Å². The minimum atomic E-state index is -0.450. The number of hydrogen-bond donors (Lipinski definition) is 1. The maximum atomic E-state index is 12.8. The van der Waals surface area contributed by atoms with Gasteiger partial charge in [0.25, 0.3) is 5.91 Å². The second-order valence-electron chi connectivity index (χ2n) is 5.68. The van der Waals surface area contributed by atoms with E-state index in [1.54, 1.807) is 11.2 Å². The van der Waals surface area contributed by atoms with Crippen molar-refractivity contribution in [3.05, 3.63) is 64.9 Å². The first-order valence-corrected chi connectivity index (χ1v) is 9.16. The molecule has 1 unspecified atom stereocenters. The summed E-state index contributed by atoms with van der Waals surface area (Å²) in [6.45, 7) is 2.10. The summed E-state index contributed by atoms with van der Waals surface area (Å²) >= 11 is 1.54. The Kier molecular flexibility index (Phi) is 4.23. The number of thioether (sulfide) groups is 1. The van der Waals surface area contributed by atoms with Crippen LogP contribution in [0.1, 0.15) is 25.2 Å². The quantitative estimate of drug-likeness (QED) is 0.907. The fourth-order valence-corrected chi connectivity index (χ4v) is 3.52. The van der Waals surface area contributed by atoms with Crippen LogP contribution in [0.2, 0.25) is 0 Å². The summed E-state index contributed by atoms with van der Waals surface area (Å²) in [5.74, 6) is 0.737. The number of carbonyl (C=O) groups excluding carboxylic acids is 1. The fourth-order valence-electron chi connectivity index (χ4n) is 2.81. The highest BCUT2D eigenvalue weighted by Gasteiger charge is 2.34. The Morgan fingerprint density at radius 1 is 1.20 bits per heavy atom. The lowest BCUT2D eigenvalue weighted by molar-refractivity contribution is -0.116. The van der Waals surface area contributed by atoms with E-state index in [9.17, 15) is 4.79 Å². The third kappa shape index (κ3) is 2.91. The summed E-state index contributed by atoms with van der Waals surface area (Å²) in [4.78, 5) is 22.0. The number of carbonyl (C=O) groups is 1. The maximum Gasteiger partial charge on any atom is 0.276 e. The third-order valence-corrected chi connectivity index (χ3v) is 4.98. The highest BCUT2D eigenvalue weighted by molar-refractivity contribution is 8.13. The molecule has 0 spiro atoms. The molecule has 2 aliphatic rings. The van der Waals surface area contributed by atoms with Gasteiger partial charge in [0, 0.05) is 17.2 Å². The average molecular weight is 351 g/mol. The van der Waals surface area contributed by atoms with Crippen molar-refractivity contribution in [2.45, 2.75) is 19.5 Å². The summed E-state index contributed by atoms with van der Waals surface area (Å²) in [5, 5.41) is 11.4. The van der Waals surface area contributed by atoms with Crippen LogP contribution in [0.3, 0.4) is 0 Å². The summed E-state index contributed by atoms with van der Waals surface area (Å²) in [6, 6.07) is 13.3. The minimum absolute atomic E-state index is 0.156. The number of hydrazone groups is 1. The number of fused-ring (bicyclic) bond motifs is 2. The van der Waals surface area contributed by atoms with Gasteiger partial charge in [-0.1, -0.05) is 43.0 Å². The van der Waals surface area contributed by atoms with E-state index in [2.05, 4.69) is 22.3 Å². The van der Waals surface area contributed by atoms with E-state index in [1.165, 1.54) is 11.8 Å². The number of nitrogens with one attached hydrogen (secondary N) is 1. The average Bonchev–Trinajstić information content (AvgIpc) is 2.66. The largest absolute Gasteiger partial charge is 0.298 e. The predicted octanol–water partition coefficient (Wildman–Crippen LogP) is 1.37. The Labute approximate surface area is 149 Å². The number of pyridine rings is 1. The fraction of sp³-hybridized carbons (Fsp3) is 0.222. The molecule has 2 aromatic rings. The van der Waals surface area contributed by atoms with Gasteiger partial charge in [-0.15, -0.1) is 5.10 Å². The topological polar surface area (TPSA) is 70.0 Å². The zero-order valence-corrected chi connectivity index (χ0v) is 14.5. The highest BCUT2D eigenvalue weighted by atomic mass is 32.2. The van der Waals surface area contributed by atoms with Crippen LogP contribution < -0.4 is 15.9 Å². The van der Waals surface area contributed by atoms with Gasteiger partial charge in [0.15, 0.2) is 11.3 Å². The smallest absolute Gasteiger partial charge is 0.276 e. The van der Waals surface area contributed by atoms with Gasteiger partial charge in [0.05, 0.1) is 11.1 Å². The van der Waals surface area contributed by atoms with Crippen LogP contribution in [0.15, 0.2) is 58.8 Å².